The van der Waals surface area contributed by atoms with Crippen molar-refractivity contribution >= 4 is 11.7 Å². The number of halogens is 3. The average Bonchev–Trinajstić information content (AvgIpc) is 2.69. The zero-order chi connectivity index (χ0) is 16.5. The molecule has 2 aromatic rings. The SMILES string of the molecule is Cc1cc(NC(=O)Cn2cccc(C(F)(F)F)c2=O)n(C)n1. The van der Waals surface area contributed by atoms with E-state index in [1.54, 1.807) is 20.0 Å². The van der Waals surface area contributed by atoms with Crippen LogP contribution in [0.3, 0.4) is 0 Å². The van der Waals surface area contributed by atoms with E-state index in [2.05, 4.69) is 10.4 Å². The molecule has 0 atom stereocenters. The molecule has 2 aromatic heterocycles. The normalized spacial score (nSPS) is 11.5. The van der Waals surface area contributed by atoms with Gasteiger partial charge in [-0.05, 0) is 19.1 Å². The van der Waals surface area contributed by atoms with Crippen molar-refractivity contribution < 1.29 is 18.0 Å². The highest BCUT2D eigenvalue weighted by Crippen LogP contribution is 2.25. The number of pyridine rings is 1. The summed E-state index contributed by atoms with van der Waals surface area (Å²) in [5.74, 6) is -0.230. The van der Waals surface area contributed by atoms with E-state index in [1.165, 1.54) is 4.68 Å². The Morgan fingerprint density at radius 2 is 2.09 bits per heavy atom. The van der Waals surface area contributed by atoms with Crippen molar-refractivity contribution in [3.63, 3.8) is 0 Å². The topological polar surface area (TPSA) is 68.9 Å². The zero-order valence-electron chi connectivity index (χ0n) is 11.8. The minimum atomic E-state index is -4.75. The largest absolute Gasteiger partial charge is 0.421 e. The van der Waals surface area contributed by atoms with Crippen LogP contribution in [-0.2, 0) is 24.6 Å². The molecule has 0 saturated carbocycles. The number of hydrogen-bond donors (Lipinski definition) is 1. The van der Waals surface area contributed by atoms with E-state index >= 15 is 0 Å². The third kappa shape index (κ3) is 3.35. The number of alkyl halides is 3. The maximum atomic E-state index is 12.6. The number of amides is 1. The molecule has 0 saturated heterocycles. The number of anilines is 1. The van der Waals surface area contributed by atoms with E-state index in [9.17, 15) is 22.8 Å². The van der Waals surface area contributed by atoms with Crippen molar-refractivity contribution in [3.8, 4) is 0 Å². The van der Waals surface area contributed by atoms with Gasteiger partial charge in [0.05, 0.1) is 5.69 Å². The Bertz CT molecular complexity index is 761. The third-order valence-electron chi connectivity index (χ3n) is 2.91. The van der Waals surface area contributed by atoms with Gasteiger partial charge in [0.25, 0.3) is 5.56 Å². The van der Waals surface area contributed by atoms with Crippen LogP contribution in [0.1, 0.15) is 11.3 Å². The molecule has 0 bridgehead atoms. The van der Waals surface area contributed by atoms with Crippen LogP contribution in [0.25, 0.3) is 0 Å². The molecule has 0 fully saturated rings. The Kier molecular flexibility index (Phi) is 4.07. The van der Waals surface area contributed by atoms with Crippen molar-refractivity contribution in [1.82, 2.24) is 14.3 Å². The fourth-order valence-corrected chi connectivity index (χ4v) is 1.94. The van der Waals surface area contributed by atoms with Gasteiger partial charge in [-0.25, -0.2) is 0 Å². The lowest BCUT2D eigenvalue weighted by Crippen LogP contribution is -2.32. The Morgan fingerprint density at radius 1 is 1.41 bits per heavy atom. The monoisotopic (exact) mass is 314 g/mol. The summed E-state index contributed by atoms with van der Waals surface area (Å²) in [5.41, 5.74) is -1.89. The van der Waals surface area contributed by atoms with E-state index in [0.29, 0.717) is 22.1 Å². The predicted octanol–water partition coefficient (Wildman–Crippen LogP) is 1.55. The van der Waals surface area contributed by atoms with Gasteiger partial charge in [0.15, 0.2) is 0 Å². The summed E-state index contributed by atoms with van der Waals surface area (Å²) in [7, 11) is 1.61. The number of carbonyl (C=O) groups excluding carboxylic acids is 1. The number of hydrogen-bond acceptors (Lipinski definition) is 3. The number of nitrogens with zero attached hydrogens (tertiary/aromatic N) is 3. The molecule has 6 nitrogen and oxygen atoms in total. The predicted molar refractivity (Wildman–Crippen MR) is 72.3 cm³/mol. The quantitative estimate of drug-likeness (QED) is 0.934. The van der Waals surface area contributed by atoms with Gasteiger partial charge in [-0.1, -0.05) is 0 Å². The maximum Gasteiger partial charge on any atom is 0.421 e. The summed E-state index contributed by atoms with van der Waals surface area (Å²) in [5, 5.41) is 6.51. The molecule has 0 radical (unpaired) electrons. The summed E-state index contributed by atoms with van der Waals surface area (Å²) >= 11 is 0. The number of rotatable bonds is 3. The van der Waals surface area contributed by atoms with Crippen LogP contribution in [0.2, 0.25) is 0 Å². The molecular weight excluding hydrogens is 301 g/mol. The molecule has 0 spiro atoms. The molecule has 0 aliphatic rings. The smallest absolute Gasteiger partial charge is 0.309 e. The second-order valence-corrected chi connectivity index (χ2v) is 4.70. The van der Waals surface area contributed by atoms with Crippen LogP contribution >= 0.6 is 0 Å². The van der Waals surface area contributed by atoms with Crippen molar-refractivity contribution in [2.45, 2.75) is 19.6 Å². The first-order valence-electron chi connectivity index (χ1n) is 6.25. The summed E-state index contributed by atoms with van der Waals surface area (Å²) in [4.78, 5) is 23.6. The lowest BCUT2D eigenvalue weighted by Gasteiger charge is -2.10. The van der Waals surface area contributed by atoms with E-state index in [-0.39, 0.29) is 0 Å². The lowest BCUT2D eigenvalue weighted by molar-refractivity contribution is -0.139. The van der Waals surface area contributed by atoms with Gasteiger partial charge in [-0.3, -0.25) is 14.3 Å². The number of nitrogens with one attached hydrogen (secondary N) is 1. The Balaban J connectivity index is 2.19. The molecule has 1 N–H and O–H groups in total. The van der Waals surface area contributed by atoms with Crippen LogP contribution in [0.5, 0.6) is 0 Å². The first-order chi connectivity index (χ1) is 10.2. The van der Waals surface area contributed by atoms with Crippen molar-refractivity contribution in [2.75, 3.05) is 5.32 Å². The molecular formula is C13H13F3N4O2. The summed E-state index contributed by atoms with van der Waals surface area (Å²) in [6, 6.07) is 3.36. The van der Waals surface area contributed by atoms with Crippen molar-refractivity contribution in [1.29, 1.82) is 0 Å². The number of aromatic nitrogens is 3. The average molecular weight is 314 g/mol. The van der Waals surface area contributed by atoms with Crippen molar-refractivity contribution in [2.24, 2.45) is 7.05 Å². The number of carbonyl (C=O) groups is 1. The van der Waals surface area contributed by atoms with Crippen molar-refractivity contribution in [3.05, 3.63) is 46.0 Å². The van der Waals surface area contributed by atoms with Crippen LogP contribution < -0.4 is 10.9 Å². The van der Waals surface area contributed by atoms with Gasteiger partial charge in [0.1, 0.15) is 17.9 Å². The first kappa shape index (κ1) is 15.8. The van der Waals surface area contributed by atoms with Gasteiger partial charge < -0.3 is 9.88 Å². The lowest BCUT2D eigenvalue weighted by atomic mass is 10.2. The maximum absolute atomic E-state index is 12.6. The fourth-order valence-electron chi connectivity index (χ4n) is 1.94. The fraction of sp³-hybridized carbons (Fsp3) is 0.308. The minimum absolute atomic E-state index is 0.391. The van der Waals surface area contributed by atoms with Crippen LogP contribution in [-0.4, -0.2) is 20.3 Å². The molecule has 118 valence electrons. The summed E-state index contributed by atoms with van der Waals surface area (Å²) < 4.78 is 40.1. The highest BCUT2D eigenvalue weighted by atomic mass is 19.4. The minimum Gasteiger partial charge on any atom is -0.309 e. The van der Waals surface area contributed by atoms with Gasteiger partial charge in [-0.2, -0.15) is 18.3 Å². The van der Waals surface area contributed by atoms with Gasteiger partial charge in [-0.15, -0.1) is 0 Å². The van der Waals surface area contributed by atoms with Crippen LogP contribution in [0.4, 0.5) is 19.0 Å². The highest BCUT2D eigenvalue weighted by Gasteiger charge is 2.34. The van der Waals surface area contributed by atoms with E-state index in [4.69, 9.17) is 0 Å². The molecule has 2 rings (SSSR count). The van der Waals surface area contributed by atoms with Crippen LogP contribution in [0, 0.1) is 6.92 Å². The molecule has 0 aliphatic carbocycles. The van der Waals surface area contributed by atoms with E-state index < -0.39 is 29.8 Å². The van der Waals surface area contributed by atoms with Gasteiger partial charge in [0, 0.05) is 19.3 Å². The molecule has 0 aliphatic heterocycles. The summed E-state index contributed by atoms with van der Waals surface area (Å²) in [6.07, 6.45) is -3.62. The number of aryl methyl sites for hydroxylation is 2. The molecule has 0 unspecified atom stereocenters. The third-order valence-corrected chi connectivity index (χ3v) is 2.91. The standard InChI is InChI=1S/C13H13F3N4O2/c1-8-6-10(19(2)18-8)17-11(21)7-20-5-3-4-9(12(20)22)13(14,15)16/h3-6H,7H2,1-2H3,(H,17,21). The van der Waals surface area contributed by atoms with Gasteiger partial charge in [0.2, 0.25) is 5.91 Å². The molecule has 1 amide bonds. The Hall–Kier alpha value is -2.58. The molecule has 2 heterocycles. The molecule has 0 aromatic carbocycles. The van der Waals surface area contributed by atoms with Gasteiger partial charge >= 0.3 is 6.18 Å². The first-order valence-corrected chi connectivity index (χ1v) is 6.25. The van der Waals surface area contributed by atoms with Crippen LogP contribution in [0.15, 0.2) is 29.2 Å². The second-order valence-electron chi connectivity index (χ2n) is 4.70. The second kappa shape index (κ2) is 5.66. The van der Waals surface area contributed by atoms with E-state index in [1.807, 2.05) is 0 Å². The zero-order valence-corrected chi connectivity index (χ0v) is 11.8. The molecule has 22 heavy (non-hydrogen) atoms. The Labute approximate surface area is 123 Å². The molecule has 9 heteroatoms. The highest BCUT2D eigenvalue weighted by molar-refractivity contribution is 5.89. The Morgan fingerprint density at radius 3 is 2.64 bits per heavy atom. The summed E-state index contributed by atoms with van der Waals surface area (Å²) in [6.45, 7) is 1.21. The van der Waals surface area contributed by atoms with E-state index in [0.717, 1.165) is 12.3 Å².